The van der Waals surface area contributed by atoms with Crippen LogP contribution in [0.3, 0.4) is 0 Å². The normalized spacial score (nSPS) is 15.8. The minimum Gasteiger partial charge on any atom is -0.341 e. The first kappa shape index (κ1) is 19.0. The summed E-state index contributed by atoms with van der Waals surface area (Å²) in [6, 6.07) is 18.8. The van der Waals surface area contributed by atoms with Crippen LogP contribution in [0.1, 0.15) is 25.3 Å². The molecular weight excluding hydrogens is 338 g/mol. The number of benzene rings is 2. The monoisotopic (exact) mass is 365 g/mol. The molecule has 5 nitrogen and oxygen atoms in total. The minimum atomic E-state index is -0.542. The van der Waals surface area contributed by atoms with Crippen molar-refractivity contribution in [3.05, 3.63) is 66.2 Å². The highest BCUT2D eigenvalue weighted by Crippen LogP contribution is 2.22. The van der Waals surface area contributed by atoms with Gasteiger partial charge in [0.25, 0.3) is 0 Å². The quantitative estimate of drug-likeness (QED) is 0.849. The molecule has 1 saturated heterocycles. The maximum atomic E-state index is 12.6. The van der Waals surface area contributed by atoms with E-state index in [1.165, 1.54) is 5.56 Å². The van der Waals surface area contributed by atoms with E-state index in [4.69, 9.17) is 0 Å². The number of urea groups is 1. The molecule has 5 heteroatoms. The number of para-hydroxylation sites is 1. The molecule has 0 bridgehead atoms. The second kappa shape index (κ2) is 9.21. The summed E-state index contributed by atoms with van der Waals surface area (Å²) in [5.74, 6) is 0.595. The van der Waals surface area contributed by atoms with E-state index in [0.29, 0.717) is 11.6 Å². The van der Waals surface area contributed by atoms with Gasteiger partial charge in [0.1, 0.15) is 6.04 Å². The number of hydrogen-bond donors (Lipinski definition) is 2. The van der Waals surface area contributed by atoms with Crippen LogP contribution in [0.2, 0.25) is 0 Å². The second-order valence-corrected chi connectivity index (χ2v) is 7.14. The van der Waals surface area contributed by atoms with Crippen molar-refractivity contribution >= 4 is 17.6 Å². The topological polar surface area (TPSA) is 61.4 Å². The molecule has 0 aromatic heterocycles. The third-order valence-electron chi connectivity index (χ3n) is 5.04. The molecule has 1 fully saturated rings. The van der Waals surface area contributed by atoms with Gasteiger partial charge in [0, 0.05) is 18.8 Å². The molecule has 2 aromatic rings. The van der Waals surface area contributed by atoms with E-state index in [0.717, 1.165) is 32.4 Å². The molecule has 142 valence electrons. The van der Waals surface area contributed by atoms with Gasteiger partial charge < -0.3 is 15.5 Å². The van der Waals surface area contributed by atoms with Crippen molar-refractivity contribution < 1.29 is 9.59 Å². The van der Waals surface area contributed by atoms with Crippen molar-refractivity contribution in [2.45, 2.75) is 32.2 Å². The molecule has 1 aliphatic rings. The Morgan fingerprint density at radius 2 is 1.59 bits per heavy atom. The number of rotatable bonds is 5. The van der Waals surface area contributed by atoms with Gasteiger partial charge in [-0.3, -0.25) is 4.79 Å². The largest absolute Gasteiger partial charge is 0.341 e. The lowest BCUT2D eigenvalue weighted by molar-refractivity contribution is -0.134. The van der Waals surface area contributed by atoms with Crippen molar-refractivity contribution in [3.8, 4) is 0 Å². The summed E-state index contributed by atoms with van der Waals surface area (Å²) >= 11 is 0. The van der Waals surface area contributed by atoms with Crippen LogP contribution in [0.15, 0.2) is 60.7 Å². The smallest absolute Gasteiger partial charge is 0.319 e. The van der Waals surface area contributed by atoms with E-state index in [-0.39, 0.29) is 11.9 Å². The van der Waals surface area contributed by atoms with Crippen molar-refractivity contribution in [1.29, 1.82) is 0 Å². The van der Waals surface area contributed by atoms with Crippen LogP contribution in [0.25, 0.3) is 0 Å². The number of nitrogens with zero attached hydrogens (tertiary/aromatic N) is 1. The van der Waals surface area contributed by atoms with E-state index >= 15 is 0 Å². The molecular formula is C22H27N3O2. The molecule has 0 saturated carbocycles. The van der Waals surface area contributed by atoms with E-state index in [9.17, 15) is 9.59 Å². The van der Waals surface area contributed by atoms with E-state index < -0.39 is 6.04 Å². The first-order valence-electron chi connectivity index (χ1n) is 9.57. The van der Waals surface area contributed by atoms with Gasteiger partial charge in [-0.05, 0) is 49.8 Å². The first-order valence-corrected chi connectivity index (χ1v) is 9.57. The Morgan fingerprint density at radius 1 is 1.00 bits per heavy atom. The van der Waals surface area contributed by atoms with Gasteiger partial charge >= 0.3 is 6.03 Å². The number of carbonyl (C=O) groups excluding carboxylic acids is 2. The molecule has 0 unspecified atom stereocenters. The molecule has 2 N–H and O–H groups in total. The Morgan fingerprint density at radius 3 is 2.22 bits per heavy atom. The van der Waals surface area contributed by atoms with Crippen LogP contribution in [0.5, 0.6) is 0 Å². The van der Waals surface area contributed by atoms with Crippen molar-refractivity contribution in [3.63, 3.8) is 0 Å². The van der Waals surface area contributed by atoms with Gasteiger partial charge in [0.15, 0.2) is 0 Å². The van der Waals surface area contributed by atoms with Gasteiger partial charge in [-0.1, -0.05) is 48.5 Å². The average Bonchev–Trinajstić information content (AvgIpc) is 2.69. The number of piperidine rings is 1. The zero-order chi connectivity index (χ0) is 19.1. The highest BCUT2D eigenvalue weighted by Gasteiger charge is 2.26. The van der Waals surface area contributed by atoms with E-state index in [2.05, 4.69) is 34.9 Å². The molecule has 1 aliphatic heterocycles. The van der Waals surface area contributed by atoms with E-state index in [1.54, 1.807) is 6.92 Å². The molecule has 0 radical (unpaired) electrons. The number of likely N-dealkylation sites (tertiary alicyclic amines) is 1. The summed E-state index contributed by atoms with van der Waals surface area (Å²) in [5.41, 5.74) is 2.06. The van der Waals surface area contributed by atoms with Crippen molar-refractivity contribution in [2.75, 3.05) is 18.4 Å². The molecule has 0 spiro atoms. The van der Waals surface area contributed by atoms with Crippen molar-refractivity contribution in [1.82, 2.24) is 10.2 Å². The third-order valence-corrected chi connectivity index (χ3v) is 5.04. The second-order valence-electron chi connectivity index (χ2n) is 7.14. The lowest BCUT2D eigenvalue weighted by Crippen LogP contribution is -2.50. The summed E-state index contributed by atoms with van der Waals surface area (Å²) in [4.78, 5) is 26.6. The Bertz CT molecular complexity index is 741. The van der Waals surface area contributed by atoms with Gasteiger partial charge in [-0.2, -0.15) is 0 Å². The first-order chi connectivity index (χ1) is 13.1. The average molecular weight is 365 g/mol. The Balaban J connectivity index is 1.43. The van der Waals surface area contributed by atoms with Crippen LogP contribution in [-0.2, 0) is 11.2 Å². The maximum Gasteiger partial charge on any atom is 0.319 e. The Hall–Kier alpha value is -2.82. The SMILES string of the molecule is C[C@H](NC(=O)Nc1ccccc1)C(=O)N1CCC(Cc2ccccc2)CC1. The number of amides is 3. The molecule has 3 rings (SSSR count). The summed E-state index contributed by atoms with van der Waals surface area (Å²) in [6.45, 7) is 3.24. The summed E-state index contributed by atoms with van der Waals surface area (Å²) in [6.07, 6.45) is 3.07. The Labute approximate surface area is 160 Å². The number of hydrogen-bond acceptors (Lipinski definition) is 2. The lowest BCUT2D eigenvalue weighted by Gasteiger charge is -2.33. The van der Waals surface area contributed by atoms with E-state index in [1.807, 2.05) is 41.3 Å². The number of carbonyl (C=O) groups is 2. The van der Waals surface area contributed by atoms with Crippen molar-refractivity contribution in [2.24, 2.45) is 5.92 Å². The Kier molecular flexibility index (Phi) is 6.47. The predicted molar refractivity (Wildman–Crippen MR) is 108 cm³/mol. The van der Waals surface area contributed by atoms with Gasteiger partial charge in [-0.15, -0.1) is 0 Å². The highest BCUT2D eigenvalue weighted by atomic mass is 16.2. The fourth-order valence-electron chi connectivity index (χ4n) is 3.53. The van der Waals surface area contributed by atoms with Gasteiger partial charge in [-0.25, -0.2) is 4.79 Å². The van der Waals surface area contributed by atoms with Crippen LogP contribution >= 0.6 is 0 Å². The van der Waals surface area contributed by atoms with Crippen LogP contribution in [0, 0.1) is 5.92 Å². The molecule has 27 heavy (non-hydrogen) atoms. The fourth-order valence-corrected chi connectivity index (χ4v) is 3.53. The molecule has 1 heterocycles. The molecule has 3 amide bonds. The third kappa shape index (κ3) is 5.58. The zero-order valence-electron chi connectivity index (χ0n) is 15.7. The van der Waals surface area contributed by atoms with Gasteiger partial charge in [0.2, 0.25) is 5.91 Å². The van der Waals surface area contributed by atoms with Crippen LogP contribution < -0.4 is 10.6 Å². The lowest BCUT2D eigenvalue weighted by atomic mass is 9.90. The van der Waals surface area contributed by atoms with Crippen LogP contribution in [0.4, 0.5) is 10.5 Å². The summed E-state index contributed by atoms with van der Waals surface area (Å²) < 4.78 is 0. The van der Waals surface area contributed by atoms with Gasteiger partial charge in [0.05, 0.1) is 0 Å². The number of nitrogens with one attached hydrogen (secondary N) is 2. The zero-order valence-corrected chi connectivity index (χ0v) is 15.7. The number of anilines is 1. The summed E-state index contributed by atoms with van der Waals surface area (Å²) in [7, 11) is 0. The maximum absolute atomic E-state index is 12.6. The highest BCUT2D eigenvalue weighted by molar-refractivity contribution is 5.93. The fraction of sp³-hybridized carbons (Fsp3) is 0.364. The molecule has 1 atom stereocenters. The standard InChI is InChI=1S/C22H27N3O2/c1-17(23-22(27)24-20-10-6-3-7-11-20)21(26)25-14-12-19(13-15-25)16-18-8-4-2-5-9-18/h2-11,17,19H,12-16H2,1H3,(H2,23,24,27)/t17-/m0/s1. The molecule has 0 aliphatic carbocycles. The summed E-state index contributed by atoms with van der Waals surface area (Å²) in [5, 5.41) is 5.48. The van der Waals surface area contributed by atoms with Crippen LogP contribution in [-0.4, -0.2) is 36.0 Å². The predicted octanol–water partition coefficient (Wildman–Crippen LogP) is 3.68. The minimum absolute atomic E-state index is 0.0172. The molecule has 2 aromatic carbocycles.